The molecule has 8 heteroatoms. The van der Waals surface area contributed by atoms with Crippen molar-refractivity contribution in [2.24, 2.45) is 5.92 Å². The van der Waals surface area contributed by atoms with Gasteiger partial charge in [0.1, 0.15) is 0 Å². The third kappa shape index (κ3) is 3.94. The van der Waals surface area contributed by atoms with Crippen molar-refractivity contribution in [1.29, 1.82) is 0 Å². The number of rotatable bonds is 4. The number of morpholine rings is 1. The van der Waals surface area contributed by atoms with Crippen LogP contribution in [0.4, 0.5) is 0 Å². The number of aromatic amines is 1. The van der Waals surface area contributed by atoms with E-state index in [1.165, 1.54) is 0 Å². The largest absolute Gasteiger partial charge is 0.377 e. The molecule has 1 amide bonds. The Bertz CT molecular complexity index is 947. The first kappa shape index (κ1) is 19.4. The Morgan fingerprint density at radius 2 is 2.00 bits per heavy atom. The summed E-state index contributed by atoms with van der Waals surface area (Å²) in [6.07, 6.45) is 4.58. The van der Waals surface area contributed by atoms with Gasteiger partial charge in [0, 0.05) is 30.2 Å². The standard InChI is InChI=1S/C20H27N3O4S/c1-14-13-27-11-10-23(14)20(24)16-2-5-17(6-3-16)22-28(25,26)18-7-4-15-8-9-21-19(15)12-18/h4,7-9,12,14,16-17,21-22H,2-3,5-6,10-11,13H2,1H3/t14-,16?,17?/m0/s1. The Kier molecular flexibility index (Phi) is 5.44. The fraction of sp³-hybridized carbons (Fsp3) is 0.550. The topological polar surface area (TPSA) is 91.5 Å². The lowest BCUT2D eigenvalue weighted by Gasteiger charge is -2.37. The number of H-pyrrole nitrogens is 1. The van der Waals surface area contributed by atoms with Gasteiger partial charge < -0.3 is 14.6 Å². The van der Waals surface area contributed by atoms with Gasteiger partial charge in [-0.05, 0) is 56.2 Å². The van der Waals surface area contributed by atoms with Crippen LogP contribution >= 0.6 is 0 Å². The van der Waals surface area contributed by atoms with E-state index in [9.17, 15) is 13.2 Å². The fourth-order valence-electron chi connectivity index (χ4n) is 4.23. The van der Waals surface area contributed by atoms with E-state index in [1.807, 2.05) is 17.9 Å². The quantitative estimate of drug-likeness (QED) is 0.816. The number of carbonyl (C=O) groups excluding carboxylic acids is 1. The molecule has 0 unspecified atom stereocenters. The van der Waals surface area contributed by atoms with Crippen LogP contribution in [0.25, 0.3) is 10.9 Å². The minimum absolute atomic E-state index is 0.0171. The van der Waals surface area contributed by atoms with E-state index in [-0.39, 0.29) is 28.8 Å². The lowest BCUT2D eigenvalue weighted by molar-refractivity contribution is -0.144. The first-order valence-corrected chi connectivity index (χ1v) is 11.4. The first-order valence-electron chi connectivity index (χ1n) is 9.92. The smallest absolute Gasteiger partial charge is 0.240 e. The van der Waals surface area contributed by atoms with Crippen LogP contribution in [-0.4, -0.2) is 56.1 Å². The van der Waals surface area contributed by atoms with Gasteiger partial charge in [-0.1, -0.05) is 6.07 Å². The van der Waals surface area contributed by atoms with Crippen LogP contribution in [0.2, 0.25) is 0 Å². The summed E-state index contributed by atoms with van der Waals surface area (Å²) >= 11 is 0. The molecule has 4 rings (SSSR count). The average Bonchev–Trinajstić information content (AvgIpc) is 3.16. The number of ether oxygens (including phenoxy) is 1. The lowest BCUT2D eigenvalue weighted by atomic mass is 9.85. The second-order valence-electron chi connectivity index (χ2n) is 7.85. The summed E-state index contributed by atoms with van der Waals surface area (Å²) in [6.45, 7) is 3.84. The molecule has 28 heavy (non-hydrogen) atoms. The van der Waals surface area contributed by atoms with Crippen LogP contribution in [0.5, 0.6) is 0 Å². The highest BCUT2D eigenvalue weighted by Gasteiger charge is 2.33. The van der Waals surface area contributed by atoms with Crippen molar-refractivity contribution in [2.45, 2.75) is 49.6 Å². The third-order valence-corrected chi connectivity index (χ3v) is 7.40. The summed E-state index contributed by atoms with van der Waals surface area (Å²) in [5.74, 6) is 0.172. The molecule has 1 aromatic carbocycles. The van der Waals surface area contributed by atoms with Crippen molar-refractivity contribution in [2.75, 3.05) is 19.8 Å². The Labute approximate surface area is 165 Å². The zero-order valence-electron chi connectivity index (χ0n) is 16.1. The van der Waals surface area contributed by atoms with E-state index in [1.54, 1.807) is 24.4 Å². The van der Waals surface area contributed by atoms with Gasteiger partial charge in [0.05, 0.1) is 24.2 Å². The highest BCUT2D eigenvalue weighted by atomic mass is 32.2. The van der Waals surface area contributed by atoms with Gasteiger partial charge >= 0.3 is 0 Å². The maximum Gasteiger partial charge on any atom is 0.240 e. The second kappa shape index (κ2) is 7.85. The lowest BCUT2D eigenvalue weighted by Crippen LogP contribution is -2.50. The molecule has 1 aliphatic heterocycles. The number of nitrogens with zero attached hydrogens (tertiary/aromatic N) is 1. The molecule has 2 fully saturated rings. The van der Waals surface area contributed by atoms with Gasteiger partial charge in [0.2, 0.25) is 15.9 Å². The molecule has 1 saturated carbocycles. The number of fused-ring (bicyclic) bond motifs is 1. The van der Waals surface area contributed by atoms with Crippen LogP contribution in [-0.2, 0) is 19.6 Å². The van der Waals surface area contributed by atoms with Gasteiger partial charge in [0.25, 0.3) is 0 Å². The number of aromatic nitrogens is 1. The van der Waals surface area contributed by atoms with Crippen LogP contribution in [0.15, 0.2) is 35.4 Å². The average molecular weight is 406 g/mol. The number of hydrogen-bond acceptors (Lipinski definition) is 4. The van der Waals surface area contributed by atoms with Crippen LogP contribution in [0.3, 0.4) is 0 Å². The molecule has 152 valence electrons. The molecular weight excluding hydrogens is 378 g/mol. The SMILES string of the molecule is C[C@H]1COCCN1C(=O)C1CCC(NS(=O)(=O)c2ccc3cc[nH]c3c2)CC1. The van der Waals surface area contributed by atoms with Crippen LogP contribution in [0, 0.1) is 5.92 Å². The van der Waals surface area contributed by atoms with E-state index < -0.39 is 10.0 Å². The maximum absolute atomic E-state index is 12.8. The number of hydrogen-bond donors (Lipinski definition) is 2. The van der Waals surface area contributed by atoms with Gasteiger partial charge in [-0.15, -0.1) is 0 Å². The van der Waals surface area contributed by atoms with Crippen LogP contribution in [0.1, 0.15) is 32.6 Å². The Morgan fingerprint density at radius 1 is 1.21 bits per heavy atom. The second-order valence-corrected chi connectivity index (χ2v) is 9.57. The van der Waals surface area contributed by atoms with E-state index in [0.29, 0.717) is 45.4 Å². The van der Waals surface area contributed by atoms with E-state index in [2.05, 4.69) is 9.71 Å². The molecule has 1 saturated heterocycles. The maximum atomic E-state index is 12.8. The van der Waals surface area contributed by atoms with Crippen molar-refractivity contribution in [3.05, 3.63) is 30.5 Å². The Hall–Kier alpha value is -1.90. The summed E-state index contributed by atoms with van der Waals surface area (Å²) in [7, 11) is -3.58. The number of nitrogens with one attached hydrogen (secondary N) is 2. The highest BCUT2D eigenvalue weighted by molar-refractivity contribution is 7.89. The molecule has 0 spiro atoms. The van der Waals surface area contributed by atoms with Crippen LogP contribution < -0.4 is 4.72 Å². The van der Waals surface area contributed by atoms with Crippen molar-refractivity contribution in [3.63, 3.8) is 0 Å². The molecule has 2 N–H and O–H groups in total. The number of benzene rings is 1. The molecule has 2 heterocycles. The van der Waals surface area contributed by atoms with Crippen molar-refractivity contribution in [3.8, 4) is 0 Å². The first-order chi connectivity index (χ1) is 13.4. The minimum atomic E-state index is -3.58. The molecule has 2 aliphatic rings. The van der Waals surface area contributed by atoms with Crippen molar-refractivity contribution < 1.29 is 17.9 Å². The van der Waals surface area contributed by atoms with Gasteiger partial charge in [0.15, 0.2) is 0 Å². The number of sulfonamides is 1. The zero-order valence-corrected chi connectivity index (χ0v) is 16.9. The minimum Gasteiger partial charge on any atom is -0.377 e. The monoisotopic (exact) mass is 405 g/mol. The molecule has 2 aromatic rings. The normalized spacial score (nSPS) is 26.5. The molecule has 1 aromatic heterocycles. The molecular formula is C20H27N3O4S. The van der Waals surface area contributed by atoms with Crippen molar-refractivity contribution >= 4 is 26.8 Å². The summed E-state index contributed by atoms with van der Waals surface area (Å²) in [4.78, 5) is 18.0. The summed E-state index contributed by atoms with van der Waals surface area (Å²) < 4.78 is 33.8. The molecule has 7 nitrogen and oxygen atoms in total. The Balaban J connectivity index is 1.36. The molecule has 1 aliphatic carbocycles. The molecule has 0 radical (unpaired) electrons. The number of carbonyl (C=O) groups is 1. The van der Waals surface area contributed by atoms with Gasteiger partial charge in [-0.2, -0.15) is 0 Å². The highest BCUT2D eigenvalue weighted by Crippen LogP contribution is 2.28. The predicted molar refractivity (Wildman–Crippen MR) is 106 cm³/mol. The Morgan fingerprint density at radius 3 is 2.75 bits per heavy atom. The predicted octanol–water partition coefficient (Wildman–Crippen LogP) is 2.25. The van der Waals surface area contributed by atoms with Gasteiger partial charge in [-0.3, -0.25) is 4.79 Å². The zero-order chi connectivity index (χ0) is 19.7. The summed E-state index contributed by atoms with van der Waals surface area (Å²) in [5.41, 5.74) is 0.803. The summed E-state index contributed by atoms with van der Waals surface area (Å²) in [6, 6.07) is 6.99. The van der Waals surface area contributed by atoms with Crippen molar-refractivity contribution in [1.82, 2.24) is 14.6 Å². The van der Waals surface area contributed by atoms with E-state index in [4.69, 9.17) is 4.74 Å². The number of amides is 1. The van der Waals surface area contributed by atoms with E-state index in [0.717, 1.165) is 10.9 Å². The third-order valence-electron chi connectivity index (χ3n) is 5.89. The summed E-state index contributed by atoms with van der Waals surface area (Å²) in [5, 5.41) is 0.982. The van der Waals surface area contributed by atoms with E-state index >= 15 is 0 Å². The fourth-order valence-corrected chi connectivity index (χ4v) is 5.56. The van der Waals surface area contributed by atoms with Gasteiger partial charge in [-0.25, -0.2) is 13.1 Å². The molecule has 1 atom stereocenters. The molecule has 0 bridgehead atoms.